The highest BCUT2D eigenvalue weighted by Crippen LogP contribution is 2.33. The summed E-state index contributed by atoms with van der Waals surface area (Å²) < 4.78 is 92.3. The Balaban J connectivity index is 3.22. The normalized spacial score (nSPS) is 11.1. The Morgan fingerprint density at radius 1 is 0.526 bits per heavy atom. The van der Waals surface area contributed by atoms with Crippen LogP contribution in [0.5, 0.6) is 0 Å². The maximum atomic E-state index is 13.5. The van der Waals surface area contributed by atoms with Crippen molar-refractivity contribution in [3.63, 3.8) is 0 Å². The maximum Gasteiger partial charge on any atom is 0.239 e. The second-order valence-corrected chi connectivity index (χ2v) is 3.42. The van der Waals surface area contributed by atoms with Gasteiger partial charge < -0.3 is 0 Å². The number of carbonyl (C=O) groups excluding carboxylic acids is 1. The van der Waals surface area contributed by atoms with Gasteiger partial charge in [-0.15, -0.1) is 0 Å². The third kappa shape index (κ3) is 1.59. The monoisotopic (exact) mass is 281 g/mol. The van der Waals surface area contributed by atoms with Gasteiger partial charge in [0.1, 0.15) is 11.4 Å². The van der Waals surface area contributed by atoms with Gasteiger partial charge in [-0.3, -0.25) is 4.79 Å². The van der Waals surface area contributed by atoms with Gasteiger partial charge in [0, 0.05) is 0 Å². The highest BCUT2D eigenvalue weighted by atomic mass is 19.2. The Morgan fingerprint density at radius 3 is 1.32 bits per heavy atom. The molecule has 0 spiro atoms. The summed E-state index contributed by atoms with van der Waals surface area (Å²) >= 11 is 0. The Bertz CT molecular complexity index is 724. The third-order valence-corrected chi connectivity index (χ3v) is 2.44. The Morgan fingerprint density at radius 2 is 0.895 bits per heavy atom. The van der Waals surface area contributed by atoms with Crippen molar-refractivity contribution in [1.29, 1.82) is 0 Å². The van der Waals surface area contributed by atoms with Gasteiger partial charge in [0.05, 0.1) is 10.8 Å². The van der Waals surface area contributed by atoms with E-state index in [1.807, 2.05) is 0 Å². The largest absolute Gasteiger partial charge is 0.285 e. The van der Waals surface area contributed by atoms with Crippen molar-refractivity contribution in [3.05, 3.63) is 46.3 Å². The van der Waals surface area contributed by atoms with Crippen molar-refractivity contribution in [3.8, 4) is 0 Å². The van der Waals surface area contributed by atoms with Gasteiger partial charge in [-0.2, -0.15) is 0 Å². The lowest BCUT2D eigenvalue weighted by Gasteiger charge is -2.09. The molecule has 2 rings (SSSR count). The Kier molecular flexibility index (Phi) is 2.95. The minimum Gasteiger partial charge on any atom is -0.285 e. The lowest BCUT2D eigenvalue weighted by atomic mass is 10.0. The van der Waals surface area contributed by atoms with Crippen LogP contribution in [-0.2, 0) is 4.79 Å². The zero-order valence-corrected chi connectivity index (χ0v) is 8.55. The van der Waals surface area contributed by atoms with E-state index in [2.05, 4.69) is 0 Å². The first-order valence-electron chi connectivity index (χ1n) is 4.53. The second kappa shape index (κ2) is 4.22. The van der Waals surface area contributed by atoms with E-state index in [0.29, 0.717) is 6.29 Å². The smallest absolute Gasteiger partial charge is 0.239 e. The van der Waals surface area contributed by atoms with Gasteiger partial charge in [0.25, 0.3) is 0 Å². The summed E-state index contributed by atoms with van der Waals surface area (Å²) in [6.45, 7) is 0. The SMILES string of the molecule is O=[C]c1c(F)c(F)c2c(F)c(F)c(F)c(F)c2c1F. The Hall–Kier alpha value is -2.12. The lowest BCUT2D eigenvalue weighted by Crippen LogP contribution is -2.07. The van der Waals surface area contributed by atoms with E-state index >= 15 is 0 Å². The van der Waals surface area contributed by atoms with Crippen LogP contribution in [0.25, 0.3) is 10.8 Å². The molecular weight excluding hydrogens is 281 g/mol. The lowest BCUT2D eigenvalue weighted by molar-refractivity contribution is 0.411. The van der Waals surface area contributed by atoms with Crippen molar-refractivity contribution in [2.75, 3.05) is 0 Å². The summed E-state index contributed by atoms with van der Waals surface area (Å²) in [4.78, 5) is 10.2. The summed E-state index contributed by atoms with van der Waals surface area (Å²) in [5, 5.41) is -3.46. The van der Waals surface area contributed by atoms with E-state index in [1.165, 1.54) is 0 Å². The first kappa shape index (κ1) is 13.3. The zero-order valence-electron chi connectivity index (χ0n) is 8.55. The summed E-state index contributed by atoms with van der Waals surface area (Å²) in [7, 11) is 0. The molecule has 0 amide bonds. The van der Waals surface area contributed by atoms with Gasteiger partial charge in [-0.1, -0.05) is 0 Å². The molecule has 0 aliphatic heterocycles. The molecule has 19 heavy (non-hydrogen) atoms. The molecule has 0 saturated heterocycles. The van der Waals surface area contributed by atoms with E-state index in [4.69, 9.17) is 0 Å². The van der Waals surface area contributed by atoms with Gasteiger partial charge in [-0.25, -0.2) is 30.7 Å². The summed E-state index contributed by atoms with van der Waals surface area (Å²) in [5.74, 6) is -15.9. The molecular formula is C11F7O. The molecule has 0 aromatic heterocycles. The van der Waals surface area contributed by atoms with E-state index in [0.717, 1.165) is 0 Å². The average molecular weight is 281 g/mol. The standard InChI is InChI=1S/C11F7O/c12-5-2(1-19)6(13)7(14)4-3(5)8(15)10(17)11(18)9(4)16. The first-order valence-corrected chi connectivity index (χ1v) is 4.53. The molecule has 0 saturated carbocycles. The molecule has 1 nitrogen and oxygen atoms in total. The van der Waals surface area contributed by atoms with Crippen LogP contribution in [0, 0.1) is 40.7 Å². The second-order valence-electron chi connectivity index (χ2n) is 3.42. The molecule has 0 aliphatic rings. The predicted octanol–water partition coefficient (Wildman–Crippen LogP) is 3.27. The molecule has 0 atom stereocenters. The van der Waals surface area contributed by atoms with Crippen molar-refractivity contribution in [1.82, 2.24) is 0 Å². The van der Waals surface area contributed by atoms with Crippen LogP contribution >= 0.6 is 0 Å². The fourth-order valence-corrected chi connectivity index (χ4v) is 1.57. The minimum atomic E-state index is -2.43. The predicted molar refractivity (Wildman–Crippen MR) is 48.4 cm³/mol. The molecule has 0 aliphatic carbocycles. The number of hydrogen-bond donors (Lipinski definition) is 0. The highest BCUT2D eigenvalue weighted by Gasteiger charge is 2.30. The molecule has 1 radical (unpaired) electrons. The molecule has 99 valence electrons. The molecule has 8 heteroatoms. The highest BCUT2D eigenvalue weighted by molar-refractivity contribution is 5.91. The number of rotatable bonds is 1. The van der Waals surface area contributed by atoms with Crippen molar-refractivity contribution < 1.29 is 35.5 Å². The van der Waals surface area contributed by atoms with Crippen LogP contribution in [0.3, 0.4) is 0 Å². The van der Waals surface area contributed by atoms with Crippen LogP contribution in [0.15, 0.2) is 0 Å². The zero-order chi connectivity index (χ0) is 14.5. The Labute approximate surface area is 99.8 Å². The van der Waals surface area contributed by atoms with Gasteiger partial charge in [0.15, 0.2) is 34.9 Å². The van der Waals surface area contributed by atoms with Crippen LogP contribution in [0.2, 0.25) is 0 Å². The van der Waals surface area contributed by atoms with E-state index < -0.39 is 57.1 Å². The van der Waals surface area contributed by atoms with Crippen molar-refractivity contribution in [2.45, 2.75) is 0 Å². The van der Waals surface area contributed by atoms with Gasteiger partial charge >= 0.3 is 0 Å². The number of benzene rings is 2. The summed E-state index contributed by atoms with van der Waals surface area (Å²) in [6.07, 6.45) is 0.632. The topological polar surface area (TPSA) is 17.1 Å². The molecule has 0 heterocycles. The number of hydrogen-bond acceptors (Lipinski definition) is 1. The van der Waals surface area contributed by atoms with Crippen LogP contribution in [0.1, 0.15) is 5.56 Å². The minimum absolute atomic E-state index is 0.632. The quantitative estimate of drug-likeness (QED) is 0.445. The number of fused-ring (bicyclic) bond motifs is 1. The van der Waals surface area contributed by atoms with Crippen LogP contribution in [-0.4, -0.2) is 6.29 Å². The average Bonchev–Trinajstić information content (AvgIpc) is 2.38. The fourth-order valence-electron chi connectivity index (χ4n) is 1.57. The van der Waals surface area contributed by atoms with E-state index in [-0.39, 0.29) is 0 Å². The first-order chi connectivity index (χ1) is 8.82. The fraction of sp³-hybridized carbons (Fsp3) is 0. The molecule has 0 N–H and O–H groups in total. The van der Waals surface area contributed by atoms with Crippen molar-refractivity contribution >= 4 is 17.1 Å². The number of halogens is 7. The third-order valence-electron chi connectivity index (χ3n) is 2.44. The van der Waals surface area contributed by atoms with Crippen LogP contribution in [0.4, 0.5) is 30.7 Å². The molecule has 2 aromatic rings. The molecule has 0 bridgehead atoms. The maximum absolute atomic E-state index is 13.5. The summed E-state index contributed by atoms with van der Waals surface area (Å²) in [6, 6.07) is 0. The molecule has 0 fully saturated rings. The van der Waals surface area contributed by atoms with Gasteiger partial charge in [0.2, 0.25) is 6.29 Å². The molecule has 0 unspecified atom stereocenters. The molecule has 2 aromatic carbocycles. The van der Waals surface area contributed by atoms with Crippen LogP contribution < -0.4 is 0 Å². The van der Waals surface area contributed by atoms with E-state index in [1.54, 1.807) is 0 Å². The van der Waals surface area contributed by atoms with Crippen molar-refractivity contribution in [2.24, 2.45) is 0 Å². The van der Waals surface area contributed by atoms with E-state index in [9.17, 15) is 35.5 Å². The van der Waals surface area contributed by atoms with Gasteiger partial charge in [-0.05, 0) is 0 Å². The summed E-state index contributed by atoms with van der Waals surface area (Å²) in [5.41, 5.74) is -1.67.